The fraction of sp³-hybridized carbons (Fsp3) is 0.357. The Morgan fingerprint density at radius 3 is 2.81 bits per heavy atom. The molecule has 1 unspecified atom stereocenters. The van der Waals surface area contributed by atoms with Crippen LogP contribution in [0.5, 0.6) is 0 Å². The molecule has 21 heavy (non-hydrogen) atoms. The zero-order valence-corrected chi connectivity index (χ0v) is 11.4. The van der Waals surface area contributed by atoms with Crippen LogP contribution in [0, 0.1) is 11.3 Å². The van der Waals surface area contributed by atoms with Gasteiger partial charge in [0.1, 0.15) is 0 Å². The molecule has 1 aromatic rings. The maximum absolute atomic E-state index is 12.0. The zero-order chi connectivity index (χ0) is 15.2. The van der Waals surface area contributed by atoms with E-state index in [0.717, 1.165) is 0 Å². The summed E-state index contributed by atoms with van der Waals surface area (Å²) in [7, 11) is 0. The van der Waals surface area contributed by atoms with Gasteiger partial charge in [0.2, 0.25) is 5.91 Å². The molecule has 1 fully saturated rings. The van der Waals surface area contributed by atoms with Crippen LogP contribution >= 0.6 is 0 Å². The number of ether oxygens (including phenoxy) is 1. The number of anilines is 1. The van der Waals surface area contributed by atoms with Gasteiger partial charge in [-0.15, -0.1) is 0 Å². The van der Waals surface area contributed by atoms with Gasteiger partial charge in [0.05, 0.1) is 25.8 Å². The molecule has 1 aliphatic heterocycles. The molecule has 7 heteroatoms. The number of nitrogen functional groups attached to an aromatic ring is 1. The second-order valence-corrected chi connectivity index (χ2v) is 4.63. The molecule has 1 aliphatic rings. The number of nitrogens with two attached hydrogens (primary N) is 1. The van der Waals surface area contributed by atoms with Gasteiger partial charge in [-0.05, 0) is 24.3 Å². The van der Waals surface area contributed by atoms with E-state index in [2.05, 4.69) is 5.32 Å². The van der Waals surface area contributed by atoms with Crippen LogP contribution in [0.3, 0.4) is 0 Å². The van der Waals surface area contributed by atoms with Crippen molar-refractivity contribution in [2.75, 3.05) is 32.0 Å². The minimum Gasteiger partial charge on any atom is -0.399 e. The maximum atomic E-state index is 12.0. The first-order valence-corrected chi connectivity index (χ1v) is 6.53. The molecule has 110 valence electrons. The summed E-state index contributed by atoms with van der Waals surface area (Å²) in [6.07, 6.45) is -0.601. The molecule has 1 atom stereocenters. The number of nitrogens with zero attached hydrogens (tertiary/aromatic N) is 2. The third-order valence-electron chi connectivity index (χ3n) is 3.14. The highest BCUT2D eigenvalue weighted by molar-refractivity contribution is 5.96. The number of nitrogens with one attached hydrogen (secondary N) is 1. The monoisotopic (exact) mass is 288 g/mol. The molecule has 1 aromatic carbocycles. The van der Waals surface area contributed by atoms with Crippen molar-refractivity contribution >= 4 is 17.5 Å². The highest BCUT2D eigenvalue weighted by Gasteiger charge is 2.24. The van der Waals surface area contributed by atoms with Crippen molar-refractivity contribution in [3.63, 3.8) is 0 Å². The minimum absolute atomic E-state index is 0.110. The van der Waals surface area contributed by atoms with Crippen molar-refractivity contribution in [1.82, 2.24) is 10.2 Å². The predicted octanol–water partition coefficient (Wildman–Crippen LogP) is -0.250. The molecular formula is C14H16N4O3. The van der Waals surface area contributed by atoms with Crippen molar-refractivity contribution in [3.05, 3.63) is 29.8 Å². The predicted molar refractivity (Wildman–Crippen MR) is 75.1 cm³/mol. The normalized spacial score (nSPS) is 17.9. The Kier molecular flexibility index (Phi) is 4.74. The van der Waals surface area contributed by atoms with Gasteiger partial charge in [-0.1, -0.05) is 0 Å². The highest BCUT2D eigenvalue weighted by Crippen LogP contribution is 2.06. The Balaban J connectivity index is 1.85. The summed E-state index contributed by atoms with van der Waals surface area (Å²) in [6, 6.07) is 8.40. The number of hydrogen-bond donors (Lipinski definition) is 2. The number of carbonyl (C=O) groups excluding carboxylic acids is 2. The van der Waals surface area contributed by atoms with Crippen molar-refractivity contribution in [2.45, 2.75) is 6.10 Å². The molecule has 2 rings (SSSR count). The fourth-order valence-corrected chi connectivity index (χ4v) is 1.96. The Labute approximate surface area is 122 Å². The Morgan fingerprint density at radius 1 is 1.43 bits per heavy atom. The van der Waals surface area contributed by atoms with Crippen LogP contribution in [-0.4, -0.2) is 49.1 Å². The van der Waals surface area contributed by atoms with E-state index in [4.69, 9.17) is 15.7 Å². The van der Waals surface area contributed by atoms with E-state index in [9.17, 15) is 9.59 Å². The summed E-state index contributed by atoms with van der Waals surface area (Å²) < 4.78 is 5.16. The Hall–Kier alpha value is -2.59. The third-order valence-corrected chi connectivity index (χ3v) is 3.14. The van der Waals surface area contributed by atoms with Gasteiger partial charge in [-0.2, -0.15) is 5.26 Å². The lowest BCUT2D eigenvalue weighted by Crippen LogP contribution is -2.48. The molecule has 0 bridgehead atoms. The first-order chi connectivity index (χ1) is 10.1. The first kappa shape index (κ1) is 14.8. The molecule has 0 aliphatic carbocycles. The largest absolute Gasteiger partial charge is 0.399 e. The van der Waals surface area contributed by atoms with Crippen LogP contribution in [0.2, 0.25) is 0 Å². The number of benzene rings is 1. The highest BCUT2D eigenvalue weighted by atomic mass is 16.5. The van der Waals surface area contributed by atoms with Crippen molar-refractivity contribution in [3.8, 4) is 6.07 Å². The van der Waals surface area contributed by atoms with E-state index in [-0.39, 0.29) is 24.9 Å². The van der Waals surface area contributed by atoms with Gasteiger partial charge in [0.25, 0.3) is 5.91 Å². The molecule has 1 heterocycles. The van der Waals surface area contributed by atoms with Crippen LogP contribution in [0.25, 0.3) is 0 Å². The number of morpholine rings is 1. The lowest BCUT2D eigenvalue weighted by Gasteiger charge is -2.29. The fourth-order valence-electron chi connectivity index (χ4n) is 1.96. The Morgan fingerprint density at radius 2 is 2.14 bits per heavy atom. The topological polar surface area (TPSA) is 108 Å². The zero-order valence-electron chi connectivity index (χ0n) is 11.4. The van der Waals surface area contributed by atoms with E-state index in [0.29, 0.717) is 24.4 Å². The number of carbonyl (C=O) groups is 2. The molecule has 0 spiro atoms. The summed E-state index contributed by atoms with van der Waals surface area (Å²) >= 11 is 0. The average Bonchev–Trinajstić information content (AvgIpc) is 2.53. The lowest BCUT2D eigenvalue weighted by atomic mass is 10.2. The van der Waals surface area contributed by atoms with Gasteiger partial charge in [0, 0.05) is 17.8 Å². The smallest absolute Gasteiger partial charge is 0.251 e. The SMILES string of the molecule is N#CC1CN(C(=O)CNC(=O)c2ccc(N)cc2)CCO1. The quantitative estimate of drug-likeness (QED) is 0.745. The number of amides is 2. The summed E-state index contributed by atoms with van der Waals surface area (Å²) in [5.41, 5.74) is 6.55. The summed E-state index contributed by atoms with van der Waals surface area (Å²) in [5.74, 6) is -0.573. The number of hydrogen-bond acceptors (Lipinski definition) is 5. The van der Waals surface area contributed by atoms with E-state index in [1.807, 2.05) is 6.07 Å². The Bertz CT molecular complexity index is 565. The average molecular weight is 288 g/mol. The van der Waals surface area contributed by atoms with Crippen LogP contribution in [0.15, 0.2) is 24.3 Å². The first-order valence-electron chi connectivity index (χ1n) is 6.53. The van der Waals surface area contributed by atoms with Gasteiger partial charge in [-0.3, -0.25) is 9.59 Å². The van der Waals surface area contributed by atoms with E-state index in [1.54, 1.807) is 24.3 Å². The van der Waals surface area contributed by atoms with Gasteiger partial charge >= 0.3 is 0 Å². The number of nitriles is 1. The summed E-state index contributed by atoms with van der Waals surface area (Å²) in [5, 5.41) is 11.3. The van der Waals surface area contributed by atoms with E-state index >= 15 is 0 Å². The second-order valence-electron chi connectivity index (χ2n) is 4.63. The molecule has 0 aromatic heterocycles. The summed E-state index contributed by atoms with van der Waals surface area (Å²) in [6.45, 7) is 0.874. The van der Waals surface area contributed by atoms with Gasteiger partial charge in [0.15, 0.2) is 6.10 Å². The standard InChI is InChI=1S/C14H16N4O3/c15-7-12-9-18(5-6-21-12)13(19)8-17-14(20)10-1-3-11(16)4-2-10/h1-4,12H,5-6,8-9,16H2,(H,17,20). The summed E-state index contributed by atoms with van der Waals surface area (Å²) in [4.78, 5) is 25.4. The van der Waals surface area contributed by atoms with E-state index in [1.165, 1.54) is 4.90 Å². The number of rotatable bonds is 3. The van der Waals surface area contributed by atoms with Crippen LogP contribution in [-0.2, 0) is 9.53 Å². The van der Waals surface area contributed by atoms with Crippen LogP contribution < -0.4 is 11.1 Å². The minimum atomic E-state index is -0.601. The van der Waals surface area contributed by atoms with Gasteiger partial charge < -0.3 is 20.7 Å². The van der Waals surface area contributed by atoms with E-state index < -0.39 is 6.10 Å². The molecule has 3 N–H and O–H groups in total. The second kappa shape index (κ2) is 6.72. The van der Waals surface area contributed by atoms with Crippen molar-refractivity contribution in [2.24, 2.45) is 0 Å². The van der Waals surface area contributed by atoms with Crippen LogP contribution in [0.1, 0.15) is 10.4 Å². The third kappa shape index (κ3) is 3.94. The van der Waals surface area contributed by atoms with Crippen LogP contribution in [0.4, 0.5) is 5.69 Å². The van der Waals surface area contributed by atoms with Crippen molar-refractivity contribution < 1.29 is 14.3 Å². The molecule has 0 saturated carbocycles. The molecular weight excluding hydrogens is 272 g/mol. The molecule has 1 saturated heterocycles. The molecule has 7 nitrogen and oxygen atoms in total. The maximum Gasteiger partial charge on any atom is 0.251 e. The molecule has 2 amide bonds. The van der Waals surface area contributed by atoms with Crippen molar-refractivity contribution in [1.29, 1.82) is 5.26 Å². The van der Waals surface area contributed by atoms with Gasteiger partial charge in [-0.25, -0.2) is 0 Å². The lowest BCUT2D eigenvalue weighted by molar-refractivity contribution is -0.135. The molecule has 0 radical (unpaired) electrons.